The van der Waals surface area contributed by atoms with Crippen LogP contribution in [0.4, 0.5) is 0 Å². The van der Waals surface area contributed by atoms with Crippen LogP contribution < -0.4 is 0 Å². The van der Waals surface area contributed by atoms with E-state index in [1.54, 1.807) is 6.92 Å². The second-order valence-corrected chi connectivity index (χ2v) is 7.72. The van der Waals surface area contributed by atoms with Crippen molar-refractivity contribution in [1.29, 1.82) is 0 Å². The molecule has 1 aromatic rings. The van der Waals surface area contributed by atoms with Gasteiger partial charge >= 0.3 is 5.97 Å². The number of carboxylic acids is 1. The Balaban J connectivity index is 2.38. The normalized spacial score (nSPS) is 24.8. The van der Waals surface area contributed by atoms with Crippen LogP contribution in [0.15, 0.2) is 9.63 Å². The summed E-state index contributed by atoms with van der Waals surface area (Å²) in [5, 5.41) is 16.5. The molecule has 0 radical (unpaired) electrons. The lowest BCUT2D eigenvalue weighted by Crippen LogP contribution is -2.48. The van der Waals surface area contributed by atoms with Crippen LogP contribution in [0.25, 0.3) is 0 Å². The van der Waals surface area contributed by atoms with Crippen molar-refractivity contribution in [1.82, 2.24) is 19.3 Å². The van der Waals surface area contributed by atoms with Gasteiger partial charge in [0.25, 0.3) is 10.0 Å². The summed E-state index contributed by atoms with van der Waals surface area (Å²) in [5.74, 6) is -0.986. The molecule has 0 spiro atoms. The summed E-state index contributed by atoms with van der Waals surface area (Å²) in [6.07, 6.45) is 0.962. The summed E-state index contributed by atoms with van der Waals surface area (Å²) < 4.78 is 27.7. The van der Waals surface area contributed by atoms with Crippen LogP contribution in [0, 0.1) is 5.41 Å². The maximum atomic E-state index is 12.6. The SMILES string of the molecule is Cn1nnc(Br)c1S(=O)(=O)N1CCCC(C)(C(=O)O)C1. The Kier molecular flexibility index (Phi) is 3.91. The second kappa shape index (κ2) is 5.08. The Morgan fingerprint density at radius 1 is 1.50 bits per heavy atom. The van der Waals surface area contributed by atoms with Crippen LogP contribution in [0.2, 0.25) is 0 Å². The number of aliphatic carboxylic acids is 1. The van der Waals surface area contributed by atoms with Gasteiger partial charge in [-0.25, -0.2) is 13.1 Å². The van der Waals surface area contributed by atoms with E-state index in [0.29, 0.717) is 19.4 Å². The number of rotatable bonds is 3. The van der Waals surface area contributed by atoms with Crippen LogP contribution in [-0.4, -0.2) is 51.9 Å². The molecule has 0 bridgehead atoms. The summed E-state index contributed by atoms with van der Waals surface area (Å²) in [6.45, 7) is 1.80. The maximum absolute atomic E-state index is 12.6. The molecule has 1 atom stereocenters. The monoisotopic (exact) mass is 366 g/mol. The van der Waals surface area contributed by atoms with Gasteiger partial charge in [-0.3, -0.25) is 4.79 Å². The van der Waals surface area contributed by atoms with E-state index in [9.17, 15) is 18.3 Å². The number of aryl methyl sites for hydroxylation is 1. The van der Waals surface area contributed by atoms with Crippen molar-refractivity contribution >= 4 is 31.9 Å². The number of aromatic nitrogens is 3. The zero-order valence-electron chi connectivity index (χ0n) is 11.1. The molecule has 1 aromatic heterocycles. The fourth-order valence-electron chi connectivity index (χ4n) is 2.29. The van der Waals surface area contributed by atoms with Crippen molar-refractivity contribution in [3.8, 4) is 0 Å². The molecule has 0 saturated carbocycles. The first kappa shape index (κ1) is 15.4. The first-order chi connectivity index (χ1) is 9.18. The van der Waals surface area contributed by atoms with E-state index in [4.69, 9.17) is 0 Å². The highest BCUT2D eigenvalue weighted by atomic mass is 79.9. The number of hydrogen-bond acceptors (Lipinski definition) is 5. The summed E-state index contributed by atoms with van der Waals surface area (Å²) in [4.78, 5) is 11.3. The van der Waals surface area contributed by atoms with Gasteiger partial charge in [0.2, 0.25) is 5.03 Å². The van der Waals surface area contributed by atoms with Gasteiger partial charge in [0.15, 0.2) is 4.60 Å². The molecule has 112 valence electrons. The van der Waals surface area contributed by atoms with Crippen LogP contribution in [0.1, 0.15) is 19.8 Å². The second-order valence-electron chi connectivity index (χ2n) is 5.12. The van der Waals surface area contributed by atoms with E-state index in [0.717, 1.165) is 4.68 Å². The number of nitrogens with zero attached hydrogens (tertiary/aromatic N) is 4. The molecule has 10 heteroatoms. The summed E-state index contributed by atoms with van der Waals surface area (Å²) in [6, 6.07) is 0. The van der Waals surface area contributed by atoms with E-state index in [-0.39, 0.29) is 16.2 Å². The number of carbonyl (C=O) groups is 1. The lowest BCUT2D eigenvalue weighted by molar-refractivity contribution is -0.150. The zero-order valence-corrected chi connectivity index (χ0v) is 13.5. The van der Waals surface area contributed by atoms with E-state index >= 15 is 0 Å². The number of piperidine rings is 1. The number of carboxylic acid groups (broad SMARTS) is 1. The Morgan fingerprint density at radius 2 is 2.15 bits per heavy atom. The lowest BCUT2D eigenvalue weighted by atomic mass is 9.83. The maximum Gasteiger partial charge on any atom is 0.310 e. The molecule has 2 rings (SSSR count). The molecule has 0 aliphatic carbocycles. The Hall–Kier alpha value is -1.00. The molecular weight excluding hydrogens is 352 g/mol. The van der Waals surface area contributed by atoms with Crippen molar-refractivity contribution in [3.05, 3.63) is 4.60 Å². The van der Waals surface area contributed by atoms with Crippen molar-refractivity contribution in [3.63, 3.8) is 0 Å². The molecule has 1 aliphatic rings. The summed E-state index contributed by atoms with van der Waals surface area (Å²) in [5.41, 5.74) is -1.07. The van der Waals surface area contributed by atoms with Gasteiger partial charge < -0.3 is 5.11 Å². The van der Waals surface area contributed by atoms with Crippen LogP contribution in [0.5, 0.6) is 0 Å². The lowest BCUT2D eigenvalue weighted by Gasteiger charge is -2.36. The molecule has 1 unspecified atom stereocenters. The fraction of sp³-hybridized carbons (Fsp3) is 0.700. The minimum Gasteiger partial charge on any atom is -0.481 e. The fourth-order valence-corrected chi connectivity index (χ4v) is 4.93. The van der Waals surface area contributed by atoms with E-state index in [2.05, 4.69) is 26.2 Å². The highest BCUT2D eigenvalue weighted by molar-refractivity contribution is 9.10. The highest BCUT2D eigenvalue weighted by Crippen LogP contribution is 2.33. The third kappa shape index (κ3) is 2.47. The van der Waals surface area contributed by atoms with Crippen LogP contribution >= 0.6 is 15.9 Å². The van der Waals surface area contributed by atoms with E-state index in [1.165, 1.54) is 11.4 Å². The molecule has 0 amide bonds. The van der Waals surface area contributed by atoms with Crippen LogP contribution in [0.3, 0.4) is 0 Å². The van der Waals surface area contributed by atoms with Gasteiger partial charge in [0.1, 0.15) is 0 Å². The van der Waals surface area contributed by atoms with Crippen molar-refractivity contribution in [2.24, 2.45) is 12.5 Å². The molecule has 1 N–H and O–H groups in total. The van der Waals surface area contributed by atoms with Crippen molar-refractivity contribution in [2.75, 3.05) is 13.1 Å². The minimum absolute atomic E-state index is 0.0533. The molecule has 2 heterocycles. The Bertz CT molecular complexity index is 624. The van der Waals surface area contributed by atoms with Gasteiger partial charge in [0.05, 0.1) is 5.41 Å². The van der Waals surface area contributed by atoms with E-state index < -0.39 is 21.4 Å². The third-order valence-electron chi connectivity index (χ3n) is 3.50. The van der Waals surface area contributed by atoms with Gasteiger partial charge in [-0.2, -0.15) is 4.31 Å². The molecule has 1 aliphatic heterocycles. The summed E-state index contributed by atoms with van der Waals surface area (Å²) in [7, 11) is -2.35. The zero-order chi connectivity index (χ0) is 15.1. The number of hydrogen-bond donors (Lipinski definition) is 1. The molecule has 0 aromatic carbocycles. The Labute approximate surface area is 124 Å². The number of sulfonamides is 1. The average Bonchev–Trinajstić information content (AvgIpc) is 2.69. The molecular formula is C10H15BrN4O4S. The van der Waals surface area contributed by atoms with Crippen molar-refractivity contribution in [2.45, 2.75) is 24.8 Å². The molecule has 20 heavy (non-hydrogen) atoms. The predicted octanol–water partition coefficient (Wildman–Crippen LogP) is 0.453. The van der Waals surface area contributed by atoms with E-state index in [1.807, 2.05) is 0 Å². The van der Waals surface area contributed by atoms with Crippen molar-refractivity contribution < 1.29 is 18.3 Å². The van der Waals surface area contributed by atoms with Gasteiger partial charge in [-0.05, 0) is 35.7 Å². The van der Waals surface area contributed by atoms with Gasteiger partial charge in [-0.1, -0.05) is 5.21 Å². The quantitative estimate of drug-likeness (QED) is 0.832. The van der Waals surface area contributed by atoms with Gasteiger partial charge in [0, 0.05) is 20.1 Å². The smallest absolute Gasteiger partial charge is 0.310 e. The molecule has 1 saturated heterocycles. The Morgan fingerprint density at radius 3 is 2.65 bits per heavy atom. The first-order valence-electron chi connectivity index (χ1n) is 5.97. The minimum atomic E-state index is -3.82. The summed E-state index contributed by atoms with van der Waals surface area (Å²) >= 11 is 3.06. The molecule has 1 fully saturated rings. The topological polar surface area (TPSA) is 105 Å². The highest BCUT2D eigenvalue weighted by Gasteiger charge is 2.43. The standard InChI is InChI=1S/C10H15BrN4O4S/c1-10(9(16)17)4-3-5-15(6-10)20(18,19)8-7(11)12-13-14(8)2/h3-6H2,1-2H3,(H,16,17). The number of halogens is 1. The largest absolute Gasteiger partial charge is 0.481 e. The molecule has 8 nitrogen and oxygen atoms in total. The average molecular weight is 367 g/mol. The van der Waals surface area contributed by atoms with Crippen LogP contribution in [-0.2, 0) is 21.9 Å². The first-order valence-corrected chi connectivity index (χ1v) is 8.20. The predicted molar refractivity (Wildman–Crippen MR) is 72.4 cm³/mol. The van der Waals surface area contributed by atoms with Gasteiger partial charge in [-0.15, -0.1) is 5.10 Å². The third-order valence-corrected chi connectivity index (χ3v) is 6.23.